The van der Waals surface area contributed by atoms with Crippen LogP contribution < -0.4 is 0 Å². The van der Waals surface area contributed by atoms with Crippen LogP contribution >= 0.6 is 0 Å². The van der Waals surface area contributed by atoms with Crippen LogP contribution in [0.3, 0.4) is 0 Å². The number of aldehydes is 1. The molecule has 0 heterocycles. The molecule has 0 aliphatic rings. The summed E-state index contributed by atoms with van der Waals surface area (Å²) in [4.78, 5) is 36.1. The van der Waals surface area contributed by atoms with Crippen molar-refractivity contribution in [1.29, 1.82) is 0 Å². The van der Waals surface area contributed by atoms with Crippen molar-refractivity contribution >= 4 is 18.2 Å². The van der Waals surface area contributed by atoms with E-state index in [0.29, 0.717) is 18.3 Å². The quantitative estimate of drug-likeness (QED) is 0.484. The number of hydrogen-bond acceptors (Lipinski definition) is 4. The normalized spacial score (nSPS) is 13.9. The molecule has 0 saturated carbocycles. The molecule has 0 radical (unpaired) electrons. The second kappa shape index (κ2) is 9.53. The molecule has 2 atom stereocenters. The van der Waals surface area contributed by atoms with Gasteiger partial charge in [0, 0.05) is 7.05 Å². The molecule has 0 aliphatic heterocycles. The Hall–Kier alpha value is -1.39. The van der Waals surface area contributed by atoms with E-state index in [-0.39, 0.29) is 24.4 Å². The molecule has 0 fully saturated rings. The van der Waals surface area contributed by atoms with Gasteiger partial charge in [-0.15, -0.1) is 0 Å². The molecule has 0 saturated heterocycles. The summed E-state index contributed by atoms with van der Waals surface area (Å²) in [6.45, 7) is 9.53. The summed E-state index contributed by atoms with van der Waals surface area (Å²) in [5, 5.41) is 0. The first-order valence-corrected chi connectivity index (χ1v) is 7.56. The summed E-state index contributed by atoms with van der Waals surface area (Å²) in [5.41, 5.74) is 0. The molecule has 0 N–H and O–H groups in total. The highest BCUT2D eigenvalue weighted by molar-refractivity contribution is 5.83. The number of ether oxygens (including phenoxy) is 1. The van der Waals surface area contributed by atoms with Crippen LogP contribution in [0.15, 0.2) is 0 Å². The van der Waals surface area contributed by atoms with Crippen molar-refractivity contribution in [2.24, 2.45) is 17.8 Å². The molecule has 122 valence electrons. The van der Waals surface area contributed by atoms with E-state index in [1.165, 1.54) is 4.90 Å². The number of likely N-dealkylation sites (N-methyl/N-ethyl adjacent to an activating group) is 1. The Balaban J connectivity index is 4.35. The standard InChI is InChI=1S/C16H29NO4/c1-11(2)7-13(5)16(20)21-10-15(19)17(6)14(9-18)8-12(3)4/h9,11-14H,7-8,10H2,1-6H3/t13-,14-/m0/s1. The molecular weight excluding hydrogens is 270 g/mol. The number of hydrogen-bond donors (Lipinski definition) is 0. The van der Waals surface area contributed by atoms with Crippen molar-refractivity contribution < 1.29 is 19.1 Å². The fourth-order valence-corrected chi connectivity index (χ4v) is 2.15. The summed E-state index contributed by atoms with van der Waals surface area (Å²) in [6.07, 6.45) is 2.09. The molecule has 0 aromatic carbocycles. The Morgan fingerprint density at radius 2 is 1.57 bits per heavy atom. The van der Waals surface area contributed by atoms with Crippen LogP contribution in [0.4, 0.5) is 0 Å². The fourth-order valence-electron chi connectivity index (χ4n) is 2.15. The minimum absolute atomic E-state index is 0.222. The van der Waals surface area contributed by atoms with Gasteiger partial charge in [-0.25, -0.2) is 0 Å². The zero-order valence-electron chi connectivity index (χ0n) is 14.1. The Bertz CT molecular complexity index is 352. The molecule has 1 amide bonds. The molecule has 21 heavy (non-hydrogen) atoms. The Kier molecular flexibility index (Phi) is 8.90. The zero-order chi connectivity index (χ0) is 16.6. The van der Waals surface area contributed by atoms with Gasteiger partial charge >= 0.3 is 5.97 Å². The van der Waals surface area contributed by atoms with Crippen LogP contribution in [0, 0.1) is 17.8 Å². The van der Waals surface area contributed by atoms with E-state index in [0.717, 1.165) is 12.7 Å². The van der Waals surface area contributed by atoms with Crippen LogP contribution in [-0.2, 0) is 19.1 Å². The maximum absolute atomic E-state index is 12.0. The first-order chi connectivity index (χ1) is 9.68. The molecule has 5 nitrogen and oxygen atoms in total. The van der Waals surface area contributed by atoms with E-state index >= 15 is 0 Å². The van der Waals surface area contributed by atoms with E-state index in [1.807, 2.05) is 27.7 Å². The van der Waals surface area contributed by atoms with Gasteiger partial charge in [-0.2, -0.15) is 0 Å². The van der Waals surface area contributed by atoms with Crippen LogP contribution in [0.1, 0.15) is 47.5 Å². The first kappa shape index (κ1) is 19.6. The van der Waals surface area contributed by atoms with Crippen molar-refractivity contribution in [3.8, 4) is 0 Å². The first-order valence-electron chi connectivity index (χ1n) is 7.56. The smallest absolute Gasteiger partial charge is 0.309 e. The minimum Gasteiger partial charge on any atom is -0.455 e. The topological polar surface area (TPSA) is 63.7 Å². The molecule has 5 heteroatoms. The maximum Gasteiger partial charge on any atom is 0.309 e. The third-order valence-electron chi connectivity index (χ3n) is 3.33. The van der Waals surface area contributed by atoms with Crippen LogP contribution in [0.25, 0.3) is 0 Å². The Labute approximate surface area is 128 Å². The van der Waals surface area contributed by atoms with Gasteiger partial charge < -0.3 is 14.4 Å². The lowest BCUT2D eigenvalue weighted by Crippen LogP contribution is -2.41. The van der Waals surface area contributed by atoms with Gasteiger partial charge in [0.2, 0.25) is 0 Å². The molecule has 0 unspecified atom stereocenters. The third kappa shape index (κ3) is 7.83. The van der Waals surface area contributed by atoms with Crippen molar-refractivity contribution in [3.63, 3.8) is 0 Å². The van der Waals surface area contributed by atoms with Gasteiger partial charge in [0.15, 0.2) is 6.61 Å². The highest BCUT2D eigenvalue weighted by Gasteiger charge is 2.23. The van der Waals surface area contributed by atoms with Gasteiger partial charge in [0.05, 0.1) is 12.0 Å². The van der Waals surface area contributed by atoms with E-state index < -0.39 is 6.04 Å². The molecule has 0 bridgehead atoms. The number of esters is 1. The summed E-state index contributed by atoms with van der Waals surface area (Å²) >= 11 is 0. The monoisotopic (exact) mass is 299 g/mol. The number of carbonyl (C=O) groups is 3. The minimum atomic E-state index is -0.468. The predicted molar refractivity (Wildman–Crippen MR) is 81.7 cm³/mol. The van der Waals surface area contributed by atoms with Crippen molar-refractivity contribution in [2.75, 3.05) is 13.7 Å². The van der Waals surface area contributed by atoms with Crippen molar-refractivity contribution in [3.05, 3.63) is 0 Å². The van der Waals surface area contributed by atoms with Gasteiger partial charge in [0.25, 0.3) is 5.91 Å². The summed E-state index contributed by atoms with van der Waals surface area (Å²) in [5.74, 6) is -0.226. The van der Waals surface area contributed by atoms with Crippen LogP contribution in [-0.4, -0.2) is 42.8 Å². The van der Waals surface area contributed by atoms with Gasteiger partial charge in [0.1, 0.15) is 6.29 Å². The Morgan fingerprint density at radius 3 is 2.00 bits per heavy atom. The summed E-state index contributed by atoms with van der Waals surface area (Å²) in [6, 6.07) is -0.468. The SMILES string of the molecule is CC(C)C[C@@H](C=O)N(C)C(=O)COC(=O)[C@@H](C)CC(C)C. The molecule has 0 aromatic rings. The molecule has 0 aliphatic carbocycles. The number of rotatable bonds is 9. The Morgan fingerprint density at radius 1 is 1.05 bits per heavy atom. The fraction of sp³-hybridized carbons (Fsp3) is 0.812. The summed E-state index contributed by atoms with van der Waals surface area (Å²) < 4.78 is 5.04. The van der Waals surface area contributed by atoms with E-state index in [1.54, 1.807) is 14.0 Å². The molecule has 0 rings (SSSR count). The number of amides is 1. The van der Waals surface area contributed by atoms with Gasteiger partial charge in [-0.05, 0) is 24.7 Å². The van der Waals surface area contributed by atoms with E-state index in [2.05, 4.69) is 0 Å². The lowest BCUT2D eigenvalue weighted by Gasteiger charge is -2.25. The van der Waals surface area contributed by atoms with Crippen molar-refractivity contribution in [2.45, 2.75) is 53.5 Å². The average Bonchev–Trinajstić information content (AvgIpc) is 2.39. The number of carbonyl (C=O) groups excluding carboxylic acids is 3. The van der Waals surface area contributed by atoms with Crippen LogP contribution in [0.5, 0.6) is 0 Å². The average molecular weight is 299 g/mol. The predicted octanol–water partition coefficient (Wildman–Crippen LogP) is 2.28. The largest absolute Gasteiger partial charge is 0.455 e. The lowest BCUT2D eigenvalue weighted by atomic mass is 9.99. The summed E-state index contributed by atoms with van der Waals surface area (Å²) in [7, 11) is 1.56. The van der Waals surface area contributed by atoms with Gasteiger partial charge in [-0.1, -0.05) is 34.6 Å². The highest BCUT2D eigenvalue weighted by Crippen LogP contribution is 2.13. The van der Waals surface area contributed by atoms with E-state index in [4.69, 9.17) is 4.74 Å². The lowest BCUT2D eigenvalue weighted by molar-refractivity contribution is -0.156. The second-order valence-corrected chi connectivity index (χ2v) is 6.48. The molecular formula is C16H29NO4. The molecule has 0 spiro atoms. The van der Waals surface area contributed by atoms with Crippen LogP contribution in [0.2, 0.25) is 0 Å². The molecule has 0 aromatic heterocycles. The second-order valence-electron chi connectivity index (χ2n) is 6.48. The highest BCUT2D eigenvalue weighted by atomic mass is 16.5. The van der Waals surface area contributed by atoms with Crippen molar-refractivity contribution in [1.82, 2.24) is 4.90 Å². The van der Waals surface area contributed by atoms with E-state index in [9.17, 15) is 14.4 Å². The van der Waals surface area contributed by atoms with Gasteiger partial charge in [-0.3, -0.25) is 9.59 Å². The zero-order valence-corrected chi connectivity index (χ0v) is 14.1. The third-order valence-corrected chi connectivity index (χ3v) is 3.33. The maximum atomic E-state index is 12.0. The number of nitrogens with zero attached hydrogens (tertiary/aromatic N) is 1.